The number of hydrogen-bond acceptors (Lipinski definition) is 3. The van der Waals surface area contributed by atoms with Crippen LogP contribution in [0, 0.1) is 6.92 Å². The lowest BCUT2D eigenvalue weighted by Crippen LogP contribution is -2.44. The van der Waals surface area contributed by atoms with Crippen molar-refractivity contribution in [3.8, 4) is 0 Å². The van der Waals surface area contributed by atoms with Gasteiger partial charge in [0.05, 0.1) is 4.90 Å². The van der Waals surface area contributed by atoms with Crippen molar-refractivity contribution in [1.82, 2.24) is 4.31 Å². The first-order valence-corrected chi connectivity index (χ1v) is 8.77. The summed E-state index contributed by atoms with van der Waals surface area (Å²) in [6.45, 7) is 2.82. The minimum absolute atomic E-state index is 0.0112. The molecular weight excluding hydrogens is 296 g/mol. The maximum absolute atomic E-state index is 12.9. The summed E-state index contributed by atoms with van der Waals surface area (Å²) in [7, 11) is -3.49. The third-order valence-corrected chi connectivity index (χ3v) is 6.38. The summed E-state index contributed by atoms with van der Waals surface area (Å²) >= 11 is 6.05. The van der Waals surface area contributed by atoms with Gasteiger partial charge in [-0.1, -0.05) is 24.1 Å². The molecule has 1 atom stereocenters. The molecule has 1 fully saturated rings. The van der Waals surface area contributed by atoms with Crippen LogP contribution in [0.3, 0.4) is 0 Å². The van der Waals surface area contributed by atoms with Gasteiger partial charge in [0.2, 0.25) is 10.0 Å². The van der Waals surface area contributed by atoms with E-state index in [0.717, 1.165) is 19.3 Å². The van der Waals surface area contributed by atoms with E-state index in [1.807, 2.05) is 0 Å². The van der Waals surface area contributed by atoms with Gasteiger partial charge in [-0.3, -0.25) is 0 Å². The lowest BCUT2D eigenvalue weighted by molar-refractivity contribution is 0.243. The second kappa shape index (κ2) is 6.43. The van der Waals surface area contributed by atoms with Crippen LogP contribution in [-0.4, -0.2) is 31.9 Å². The third kappa shape index (κ3) is 3.01. The molecule has 0 amide bonds. The van der Waals surface area contributed by atoms with Crippen LogP contribution in [-0.2, 0) is 10.0 Å². The van der Waals surface area contributed by atoms with Crippen LogP contribution in [0.1, 0.15) is 31.2 Å². The van der Waals surface area contributed by atoms with Crippen molar-refractivity contribution in [2.75, 3.05) is 13.1 Å². The lowest BCUT2D eigenvalue weighted by atomic mass is 10.0. The molecule has 1 saturated heterocycles. The Balaban J connectivity index is 2.40. The summed E-state index contributed by atoms with van der Waals surface area (Å²) in [5.41, 5.74) is 6.23. The molecule has 0 radical (unpaired) electrons. The van der Waals surface area contributed by atoms with Crippen molar-refractivity contribution in [2.45, 2.75) is 43.5 Å². The SMILES string of the molecule is Cc1c(Cl)cccc1S(=O)(=O)N1CCCCC1CCN. The standard InChI is InChI=1S/C14H21ClN2O2S/c1-11-13(15)6-4-7-14(11)20(18,19)17-10-3-2-5-12(17)8-9-16/h4,6-7,12H,2-3,5,8-10,16H2,1H3. The number of piperidine rings is 1. The smallest absolute Gasteiger partial charge is 0.243 e. The van der Waals surface area contributed by atoms with Crippen LogP contribution in [0.4, 0.5) is 0 Å². The molecule has 0 bridgehead atoms. The summed E-state index contributed by atoms with van der Waals surface area (Å²) in [6.07, 6.45) is 3.56. The zero-order valence-corrected chi connectivity index (χ0v) is 13.3. The van der Waals surface area contributed by atoms with Crippen molar-refractivity contribution in [3.63, 3.8) is 0 Å². The van der Waals surface area contributed by atoms with E-state index in [9.17, 15) is 8.42 Å². The monoisotopic (exact) mass is 316 g/mol. The predicted octanol–water partition coefficient (Wildman–Crippen LogP) is 2.54. The number of nitrogens with two attached hydrogens (primary N) is 1. The van der Waals surface area contributed by atoms with Crippen molar-refractivity contribution >= 4 is 21.6 Å². The fourth-order valence-corrected chi connectivity index (χ4v) is 4.97. The highest BCUT2D eigenvalue weighted by Gasteiger charge is 2.33. The maximum Gasteiger partial charge on any atom is 0.243 e. The van der Waals surface area contributed by atoms with E-state index in [-0.39, 0.29) is 6.04 Å². The Kier molecular flexibility index (Phi) is 5.07. The molecule has 20 heavy (non-hydrogen) atoms. The van der Waals surface area contributed by atoms with E-state index >= 15 is 0 Å². The van der Waals surface area contributed by atoms with E-state index in [2.05, 4.69) is 0 Å². The van der Waals surface area contributed by atoms with Crippen molar-refractivity contribution in [2.24, 2.45) is 5.73 Å². The van der Waals surface area contributed by atoms with Gasteiger partial charge in [-0.05, 0) is 50.4 Å². The molecule has 1 aliphatic heterocycles. The Morgan fingerprint density at radius 1 is 1.40 bits per heavy atom. The first kappa shape index (κ1) is 15.8. The number of hydrogen-bond donors (Lipinski definition) is 1. The van der Waals surface area contributed by atoms with E-state index in [4.69, 9.17) is 17.3 Å². The average Bonchev–Trinajstić information content (AvgIpc) is 2.42. The molecule has 2 rings (SSSR count). The van der Waals surface area contributed by atoms with Crippen molar-refractivity contribution in [3.05, 3.63) is 28.8 Å². The Labute approximate surface area is 126 Å². The second-order valence-corrected chi connectivity index (χ2v) is 7.47. The van der Waals surface area contributed by atoms with Crippen molar-refractivity contribution in [1.29, 1.82) is 0 Å². The van der Waals surface area contributed by atoms with E-state index in [1.54, 1.807) is 29.4 Å². The van der Waals surface area contributed by atoms with Crippen LogP contribution in [0.25, 0.3) is 0 Å². The molecule has 0 aliphatic carbocycles. The Hall–Kier alpha value is -0.620. The van der Waals surface area contributed by atoms with E-state index in [0.29, 0.717) is 35.0 Å². The summed E-state index contributed by atoms with van der Waals surface area (Å²) < 4.78 is 27.4. The molecule has 0 spiro atoms. The molecule has 1 heterocycles. The Morgan fingerprint density at radius 3 is 2.85 bits per heavy atom. The third-order valence-electron chi connectivity index (χ3n) is 3.88. The number of rotatable bonds is 4. The average molecular weight is 317 g/mol. The van der Waals surface area contributed by atoms with E-state index in [1.165, 1.54) is 0 Å². The minimum Gasteiger partial charge on any atom is -0.330 e. The van der Waals surface area contributed by atoms with Crippen LogP contribution in [0.15, 0.2) is 23.1 Å². The molecule has 0 saturated carbocycles. The van der Waals surface area contributed by atoms with Gasteiger partial charge in [-0.25, -0.2) is 8.42 Å². The van der Waals surface area contributed by atoms with Gasteiger partial charge in [-0.15, -0.1) is 0 Å². The quantitative estimate of drug-likeness (QED) is 0.928. The topological polar surface area (TPSA) is 63.4 Å². The largest absolute Gasteiger partial charge is 0.330 e. The van der Waals surface area contributed by atoms with Gasteiger partial charge in [0.15, 0.2) is 0 Å². The van der Waals surface area contributed by atoms with Crippen LogP contribution >= 0.6 is 11.6 Å². The van der Waals surface area contributed by atoms with Gasteiger partial charge in [-0.2, -0.15) is 4.31 Å². The number of nitrogens with zero attached hydrogens (tertiary/aromatic N) is 1. The molecular formula is C14H21ClN2O2S. The van der Waals surface area contributed by atoms with Gasteiger partial charge in [0.1, 0.15) is 0 Å². The molecule has 112 valence electrons. The number of halogens is 1. The minimum atomic E-state index is -3.49. The molecule has 1 aromatic carbocycles. The Bertz CT molecular complexity index is 573. The summed E-state index contributed by atoms with van der Waals surface area (Å²) in [5.74, 6) is 0. The first-order chi connectivity index (χ1) is 9.48. The lowest BCUT2D eigenvalue weighted by Gasteiger charge is -2.35. The highest BCUT2D eigenvalue weighted by Crippen LogP contribution is 2.30. The first-order valence-electron chi connectivity index (χ1n) is 6.95. The molecule has 4 nitrogen and oxygen atoms in total. The number of sulfonamides is 1. The second-order valence-electron chi connectivity index (χ2n) is 5.21. The van der Waals surface area contributed by atoms with Crippen LogP contribution in [0.5, 0.6) is 0 Å². The summed E-state index contributed by atoms with van der Waals surface area (Å²) in [4.78, 5) is 0.314. The van der Waals surface area contributed by atoms with Gasteiger partial charge < -0.3 is 5.73 Å². The van der Waals surface area contributed by atoms with Gasteiger partial charge >= 0.3 is 0 Å². The molecule has 2 N–H and O–H groups in total. The van der Waals surface area contributed by atoms with Crippen LogP contribution < -0.4 is 5.73 Å². The zero-order valence-electron chi connectivity index (χ0n) is 11.7. The highest BCUT2D eigenvalue weighted by atomic mass is 35.5. The number of benzene rings is 1. The maximum atomic E-state index is 12.9. The summed E-state index contributed by atoms with van der Waals surface area (Å²) in [6, 6.07) is 5.04. The fraction of sp³-hybridized carbons (Fsp3) is 0.571. The normalized spacial score (nSPS) is 21.1. The molecule has 1 unspecified atom stereocenters. The van der Waals surface area contributed by atoms with Crippen molar-refractivity contribution < 1.29 is 8.42 Å². The molecule has 1 aliphatic rings. The summed E-state index contributed by atoms with van der Waals surface area (Å²) in [5, 5.41) is 0.485. The van der Waals surface area contributed by atoms with Gasteiger partial charge in [0, 0.05) is 17.6 Å². The highest BCUT2D eigenvalue weighted by molar-refractivity contribution is 7.89. The zero-order chi connectivity index (χ0) is 14.8. The van der Waals surface area contributed by atoms with E-state index < -0.39 is 10.0 Å². The fourth-order valence-electron chi connectivity index (χ4n) is 2.76. The molecule has 6 heteroatoms. The molecule has 0 aromatic heterocycles. The Morgan fingerprint density at radius 2 is 2.15 bits per heavy atom. The van der Waals surface area contributed by atoms with Crippen LogP contribution in [0.2, 0.25) is 5.02 Å². The predicted molar refractivity (Wildman–Crippen MR) is 81.4 cm³/mol. The van der Waals surface area contributed by atoms with Gasteiger partial charge in [0.25, 0.3) is 0 Å². The molecule has 1 aromatic rings.